The summed E-state index contributed by atoms with van der Waals surface area (Å²) in [6, 6.07) is 3.79. The lowest BCUT2D eigenvalue weighted by Gasteiger charge is -1.94. The van der Waals surface area contributed by atoms with E-state index >= 15 is 0 Å². The predicted molar refractivity (Wildman–Crippen MR) is 51.5 cm³/mol. The van der Waals surface area contributed by atoms with E-state index in [1.165, 1.54) is 0 Å². The van der Waals surface area contributed by atoms with Crippen LogP contribution in [0.2, 0.25) is 0 Å². The number of carbonyl (C=O) groups is 1. The molecule has 1 aromatic heterocycles. The van der Waals surface area contributed by atoms with Crippen LogP contribution in [-0.4, -0.2) is 5.78 Å². The van der Waals surface area contributed by atoms with Crippen LogP contribution in [0.15, 0.2) is 35.0 Å². The van der Waals surface area contributed by atoms with Crippen LogP contribution in [0.25, 0.3) is 0 Å². The highest BCUT2D eigenvalue weighted by Crippen LogP contribution is 2.05. The molecule has 0 aliphatic rings. The second-order valence-corrected chi connectivity index (χ2v) is 2.90. The van der Waals surface area contributed by atoms with Gasteiger partial charge in [0.05, 0.1) is 6.26 Å². The molecule has 0 unspecified atom stereocenters. The van der Waals surface area contributed by atoms with Crippen molar-refractivity contribution in [2.45, 2.75) is 26.2 Å². The first kappa shape index (κ1) is 9.78. The molecule has 0 aliphatic carbocycles. The zero-order valence-electron chi connectivity index (χ0n) is 7.82. The smallest absolute Gasteiger partial charge is 0.155 e. The summed E-state index contributed by atoms with van der Waals surface area (Å²) in [5.74, 6) is 1.14. The minimum atomic E-state index is 0.189. The summed E-state index contributed by atoms with van der Waals surface area (Å²) >= 11 is 0. The normalized spacial score (nSPS) is 10.8. The average molecular weight is 178 g/mol. The van der Waals surface area contributed by atoms with Gasteiger partial charge in [-0.05, 0) is 31.6 Å². The molecule has 0 N–H and O–H groups in total. The van der Waals surface area contributed by atoms with Gasteiger partial charge in [0.2, 0.25) is 0 Å². The molecule has 2 nitrogen and oxygen atoms in total. The Hall–Kier alpha value is -1.31. The van der Waals surface area contributed by atoms with Gasteiger partial charge in [0.15, 0.2) is 5.78 Å². The third-order valence-corrected chi connectivity index (χ3v) is 1.78. The molecular weight excluding hydrogens is 164 g/mol. The maximum absolute atomic E-state index is 11.1. The Morgan fingerprint density at radius 3 is 3.08 bits per heavy atom. The van der Waals surface area contributed by atoms with Gasteiger partial charge in [-0.15, -0.1) is 0 Å². The van der Waals surface area contributed by atoms with Crippen LogP contribution in [0.1, 0.15) is 25.5 Å². The highest BCUT2D eigenvalue weighted by molar-refractivity contribution is 5.89. The monoisotopic (exact) mass is 178 g/mol. The number of hydrogen-bond donors (Lipinski definition) is 0. The third-order valence-electron chi connectivity index (χ3n) is 1.78. The van der Waals surface area contributed by atoms with Crippen molar-refractivity contribution < 1.29 is 9.21 Å². The summed E-state index contributed by atoms with van der Waals surface area (Å²) in [5.41, 5.74) is 0. The Balaban J connectivity index is 2.18. The zero-order valence-corrected chi connectivity index (χ0v) is 7.82. The molecule has 0 saturated carbocycles. The van der Waals surface area contributed by atoms with Crippen LogP contribution in [0, 0.1) is 0 Å². The molecule has 13 heavy (non-hydrogen) atoms. The number of aryl methyl sites for hydroxylation is 1. The van der Waals surface area contributed by atoms with Crippen LogP contribution >= 0.6 is 0 Å². The van der Waals surface area contributed by atoms with E-state index in [9.17, 15) is 4.79 Å². The topological polar surface area (TPSA) is 30.2 Å². The van der Waals surface area contributed by atoms with Crippen molar-refractivity contribution >= 4 is 5.78 Å². The van der Waals surface area contributed by atoms with Gasteiger partial charge in [-0.3, -0.25) is 4.79 Å². The molecule has 2 heteroatoms. The lowest BCUT2D eigenvalue weighted by atomic mass is 10.1. The first-order chi connectivity index (χ1) is 6.33. The quantitative estimate of drug-likeness (QED) is 0.649. The van der Waals surface area contributed by atoms with Gasteiger partial charge in [0.1, 0.15) is 5.76 Å². The van der Waals surface area contributed by atoms with E-state index in [4.69, 9.17) is 4.42 Å². The van der Waals surface area contributed by atoms with Gasteiger partial charge in [-0.25, -0.2) is 0 Å². The second kappa shape index (κ2) is 5.36. The molecule has 1 aromatic rings. The molecule has 1 heterocycles. The number of allylic oxidation sites excluding steroid dienone is 2. The SMILES string of the molecule is CC=CC(=O)CCCc1ccco1. The van der Waals surface area contributed by atoms with Crippen LogP contribution in [0.5, 0.6) is 0 Å². The summed E-state index contributed by atoms with van der Waals surface area (Å²) in [6.07, 6.45) is 7.35. The summed E-state index contributed by atoms with van der Waals surface area (Å²) in [7, 11) is 0. The van der Waals surface area contributed by atoms with Crippen LogP contribution in [0.4, 0.5) is 0 Å². The lowest BCUT2D eigenvalue weighted by Crippen LogP contribution is -1.93. The van der Waals surface area contributed by atoms with Gasteiger partial charge in [-0.1, -0.05) is 6.08 Å². The Bertz CT molecular complexity index is 270. The van der Waals surface area contributed by atoms with Crippen LogP contribution < -0.4 is 0 Å². The van der Waals surface area contributed by atoms with E-state index in [1.54, 1.807) is 18.4 Å². The molecule has 0 bridgehead atoms. The fourth-order valence-corrected chi connectivity index (χ4v) is 1.16. The lowest BCUT2D eigenvalue weighted by molar-refractivity contribution is -0.114. The molecule has 0 atom stereocenters. The van der Waals surface area contributed by atoms with Gasteiger partial charge in [0, 0.05) is 12.8 Å². The van der Waals surface area contributed by atoms with Gasteiger partial charge in [0.25, 0.3) is 0 Å². The molecule has 1 rings (SSSR count). The molecular formula is C11H14O2. The van der Waals surface area contributed by atoms with E-state index in [-0.39, 0.29) is 5.78 Å². The summed E-state index contributed by atoms with van der Waals surface area (Å²) in [4.78, 5) is 11.1. The van der Waals surface area contributed by atoms with Crippen molar-refractivity contribution in [2.24, 2.45) is 0 Å². The second-order valence-electron chi connectivity index (χ2n) is 2.90. The molecule has 70 valence electrons. The van der Waals surface area contributed by atoms with E-state index < -0.39 is 0 Å². The summed E-state index contributed by atoms with van der Waals surface area (Å²) < 4.78 is 5.15. The summed E-state index contributed by atoms with van der Waals surface area (Å²) in [6.45, 7) is 1.85. The average Bonchev–Trinajstić information content (AvgIpc) is 2.57. The van der Waals surface area contributed by atoms with Crippen LogP contribution in [-0.2, 0) is 11.2 Å². The number of carbonyl (C=O) groups excluding carboxylic acids is 1. The van der Waals surface area contributed by atoms with Crippen molar-refractivity contribution in [1.29, 1.82) is 0 Å². The molecule has 0 saturated heterocycles. The van der Waals surface area contributed by atoms with Gasteiger partial charge in [-0.2, -0.15) is 0 Å². The van der Waals surface area contributed by atoms with Crippen LogP contribution in [0.3, 0.4) is 0 Å². The molecule has 0 aromatic carbocycles. The maximum atomic E-state index is 11.1. The highest BCUT2D eigenvalue weighted by atomic mass is 16.3. The van der Waals surface area contributed by atoms with Crippen molar-refractivity contribution in [3.05, 3.63) is 36.3 Å². The van der Waals surface area contributed by atoms with Crippen molar-refractivity contribution in [3.63, 3.8) is 0 Å². The number of ketones is 1. The molecule has 0 fully saturated rings. The first-order valence-corrected chi connectivity index (χ1v) is 4.51. The largest absolute Gasteiger partial charge is 0.469 e. The first-order valence-electron chi connectivity index (χ1n) is 4.51. The molecule has 0 radical (unpaired) electrons. The number of hydrogen-bond acceptors (Lipinski definition) is 2. The van der Waals surface area contributed by atoms with Crippen molar-refractivity contribution in [1.82, 2.24) is 0 Å². The zero-order chi connectivity index (χ0) is 9.52. The van der Waals surface area contributed by atoms with Crippen molar-refractivity contribution in [2.75, 3.05) is 0 Å². The minimum absolute atomic E-state index is 0.189. The molecule has 0 amide bonds. The van der Waals surface area contributed by atoms with Gasteiger partial charge < -0.3 is 4.42 Å². The summed E-state index contributed by atoms with van der Waals surface area (Å²) in [5, 5.41) is 0. The Kier molecular flexibility index (Phi) is 4.03. The van der Waals surface area contributed by atoms with Crippen molar-refractivity contribution in [3.8, 4) is 0 Å². The van der Waals surface area contributed by atoms with E-state index in [1.807, 2.05) is 19.1 Å². The van der Waals surface area contributed by atoms with Gasteiger partial charge >= 0.3 is 0 Å². The third kappa shape index (κ3) is 3.74. The van der Waals surface area contributed by atoms with E-state index in [0.717, 1.165) is 18.6 Å². The Morgan fingerprint density at radius 2 is 2.46 bits per heavy atom. The highest BCUT2D eigenvalue weighted by Gasteiger charge is 1.98. The maximum Gasteiger partial charge on any atom is 0.155 e. The fourth-order valence-electron chi connectivity index (χ4n) is 1.16. The Labute approximate surface area is 78.3 Å². The predicted octanol–water partition coefficient (Wildman–Crippen LogP) is 2.75. The minimum Gasteiger partial charge on any atom is -0.469 e. The van der Waals surface area contributed by atoms with E-state index in [2.05, 4.69) is 0 Å². The molecule has 0 spiro atoms. The van der Waals surface area contributed by atoms with E-state index in [0.29, 0.717) is 6.42 Å². The number of furan rings is 1. The fraction of sp³-hybridized carbons (Fsp3) is 0.364. The number of rotatable bonds is 5. The Morgan fingerprint density at radius 1 is 1.62 bits per heavy atom. The molecule has 0 aliphatic heterocycles. The standard InChI is InChI=1S/C11H14O2/c1-2-5-10(12)6-3-7-11-8-4-9-13-11/h2,4-5,8-9H,3,6-7H2,1H3.